The molecule has 3 aromatic heterocycles. The minimum absolute atomic E-state index is 0.284. The van der Waals surface area contributed by atoms with Crippen LogP contribution >= 0.6 is 0 Å². The number of ether oxygens (including phenoxy) is 1. The highest BCUT2D eigenvalue weighted by molar-refractivity contribution is 5.68. The Labute approximate surface area is 173 Å². The molecular weight excluding hydrogens is 383 g/mol. The molecule has 1 aliphatic rings. The standard InChI is InChI=1S/C22H21FN6O/c1-3-29-20-14-8-19(21(24)26-10-14)30-13(2)18-9-16(23)4-5-17(18)22-25-6-7-28(22)12-15(20)11-27-29/h4-11,13H,3,12H2,1-2H3,(H2,24,26)/t13-/m0/s1. The summed E-state index contributed by atoms with van der Waals surface area (Å²) in [4.78, 5) is 8.90. The van der Waals surface area contributed by atoms with Crippen molar-refractivity contribution in [2.75, 3.05) is 5.73 Å². The van der Waals surface area contributed by atoms with E-state index >= 15 is 0 Å². The van der Waals surface area contributed by atoms with Crippen LogP contribution < -0.4 is 10.5 Å². The van der Waals surface area contributed by atoms with Gasteiger partial charge in [-0.25, -0.2) is 14.4 Å². The minimum atomic E-state index is -0.463. The summed E-state index contributed by atoms with van der Waals surface area (Å²) in [6.45, 7) is 5.19. The molecule has 1 aromatic carbocycles. The summed E-state index contributed by atoms with van der Waals surface area (Å²) in [5, 5.41) is 4.54. The zero-order chi connectivity index (χ0) is 20.8. The smallest absolute Gasteiger partial charge is 0.166 e. The monoisotopic (exact) mass is 404 g/mol. The Morgan fingerprint density at radius 3 is 2.93 bits per heavy atom. The van der Waals surface area contributed by atoms with E-state index in [2.05, 4.69) is 15.1 Å². The van der Waals surface area contributed by atoms with Gasteiger partial charge >= 0.3 is 0 Å². The Balaban J connectivity index is 1.79. The summed E-state index contributed by atoms with van der Waals surface area (Å²) >= 11 is 0. The number of anilines is 1. The van der Waals surface area contributed by atoms with Crippen molar-refractivity contribution in [3.8, 4) is 28.4 Å². The summed E-state index contributed by atoms with van der Waals surface area (Å²) in [6.07, 6.45) is 6.79. The number of rotatable bonds is 1. The molecule has 1 aliphatic heterocycles. The van der Waals surface area contributed by atoms with Crippen LogP contribution in [0, 0.1) is 5.82 Å². The Morgan fingerprint density at radius 2 is 2.10 bits per heavy atom. The highest BCUT2D eigenvalue weighted by Gasteiger charge is 2.23. The maximum atomic E-state index is 14.1. The third-order valence-corrected chi connectivity index (χ3v) is 5.42. The number of aryl methyl sites for hydroxylation is 1. The van der Waals surface area contributed by atoms with Crippen molar-refractivity contribution in [3.05, 3.63) is 66.0 Å². The Kier molecular flexibility index (Phi) is 4.27. The molecule has 0 fully saturated rings. The van der Waals surface area contributed by atoms with E-state index in [1.807, 2.05) is 41.6 Å². The summed E-state index contributed by atoms with van der Waals surface area (Å²) in [5.41, 5.74) is 10.4. The first-order valence-electron chi connectivity index (χ1n) is 9.83. The first-order chi connectivity index (χ1) is 14.5. The number of nitrogens with two attached hydrogens (primary N) is 1. The van der Waals surface area contributed by atoms with Crippen LogP contribution in [0.3, 0.4) is 0 Å². The van der Waals surface area contributed by atoms with Crippen LogP contribution in [-0.4, -0.2) is 24.3 Å². The quantitative estimate of drug-likeness (QED) is 0.517. The molecule has 152 valence electrons. The number of benzene rings is 1. The fraction of sp³-hybridized carbons (Fsp3) is 0.227. The normalized spacial score (nSPS) is 15.2. The molecule has 4 heterocycles. The predicted molar refractivity (Wildman–Crippen MR) is 111 cm³/mol. The van der Waals surface area contributed by atoms with Gasteiger partial charge in [0.25, 0.3) is 0 Å². The van der Waals surface area contributed by atoms with Crippen LogP contribution in [-0.2, 0) is 13.1 Å². The lowest BCUT2D eigenvalue weighted by Gasteiger charge is -2.21. The maximum absolute atomic E-state index is 14.1. The first kappa shape index (κ1) is 18.4. The number of pyridine rings is 1. The van der Waals surface area contributed by atoms with Crippen molar-refractivity contribution in [2.24, 2.45) is 0 Å². The summed E-state index contributed by atoms with van der Waals surface area (Å²) in [6, 6.07) is 6.54. The molecule has 0 spiro atoms. The summed E-state index contributed by atoms with van der Waals surface area (Å²) in [7, 11) is 0. The van der Waals surface area contributed by atoms with Crippen LogP contribution in [0.5, 0.6) is 5.75 Å². The molecule has 30 heavy (non-hydrogen) atoms. The second-order valence-corrected chi connectivity index (χ2v) is 7.31. The van der Waals surface area contributed by atoms with E-state index in [1.165, 1.54) is 12.1 Å². The predicted octanol–water partition coefficient (Wildman–Crippen LogP) is 4.05. The lowest BCUT2D eigenvalue weighted by molar-refractivity contribution is 0.227. The highest BCUT2D eigenvalue weighted by atomic mass is 19.1. The SMILES string of the molecule is CCn1ncc2c1-c1cnc(N)c(c1)O[C@@H](C)c1cc(F)ccc1-c1nccn1C2. The van der Waals surface area contributed by atoms with E-state index in [0.717, 1.165) is 28.2 Å². The maximum Gasteiger partial charge on any atom is 0.166 e. The van der Waals surface area contributed by atoms with E-state index < -0.39 is 6.10 Å². The van der Waals surface area contributed by atoms with Gasteiger partial charge in [-0.1, -0.05) is 0 Å². The molecule has 0 saturated heterocycles. The molecule has 4 aromatic rings. The largest absolute Gasteiger partial charge is 0.482 e. The van der Waals surface area contributed by atoms with Crippen molar-refractivity contribution >= 4 is 5.82 Å². The van der Waals surface area contributed by atoms with E-state index in [0.29, 0.717) is 24.4 Å². The minimum Gasteiger partial charge on any atom is -0.482 e. The number of fused-ring (bicyclic) bond motifs is 7. The number of hydrogen-bond acceptors (Lipinski definition) is 5. The van der Waals surface area contributed by atoms with E-state index in [4.69, 9.17) is 10.5 Å². The van der Waals surface area contributed by atoms with Crippen molar-refractivity contribution in [1.82, 2.24) is 24.3 Å². The van der Waals surface area contributed by atoms with Gasteiger partial charge in [-0.3, -0.25) is 4.68 Å². The van der Waals surface area contributed by atoms with Gasteiger partial charge in [0.15, 0.2) is 11.6 Å². The molecule has 0 aliphatic carbocycles. The lowest BCUT2D eigenvalue weighted by atomic mass is 10.0. The van der Waals surface area contributed by atoms with Crippen molar-refractivity contribution < 1.29 is 9.13 Å². The summed E-state index contributed by atoms with van der Waals surface area (Å²) < 4.78 is 24.3. The lowest BCUT2D eigenvalue weighted by Crippen LogP contribution is -2.11. The second kappa shape index (κ2) is 6.98. The number of hydrogen-bond donors (Lipinski definition) is 1. The van der Waals surface area contributed by atoms with Crippen molar-refractivity contribution in [2.45, 2.75) is 33.0 Å². The molecule has 8 heteroatoms. The molecule has 0 radical (unpaired) electrons. The van der Waals surface area contributed by atoms with E-state index in [9.17, 15) is 4.39 Å². The van der Waals surface area contributed by atoms with Gasteiger partial charge in [0.05, 0.1) is 18.4 Å². The number of aromatic nitrogens is 5. The zero-order valence-electron chi connectivity index (χ0n) is 16.7. The van der Waals surface area contributed by atoms with Crippen molar-refractivity contribution in [1.29, 1.82) is 0 Å². The molecule has 5 rings (SSSR count). The fourth-order valence-corrected chi connectivity index (χ4v) is 3.98. The van der Waals surface area contributed by atoms with Gasteiger partial charge in [0.1, 0.15) is 17.7 Å². The zero-order valence-corrected chi connectivity index (χ0v) is 16.7. The van der Waals surface area contributed by atoms with Crippen LogP contribution in [0.2, 0.25) is 0 Å². The molecule has 0 saturated carbocycles. The molecule has 7 nitrogen and oxygen atoms in total. The fourth-order valence-electron chi connectivity index (χ4n) is 3.98. The third-order valence-electron chi connectivity index (χ3n) is 5.42. The highest BCUT2D eigenvalue weighted by Crippen LogP contribution is 2.36. The molecule has 1 atom stereocenters. The average Bonchev–Trinajstić information content (AvgIpc) is 3.36. The van der Waals surface area contributed by atoms with Crippen LogP contribution in [0.1, 0.15) is 31.1 Å². The van der Waals surface area contributed by atoms with Gasteiger partial charge in [0.2, 0.25) is 0 Å². The van der Waals surface area contributed by atoms with E-state index in [1.54, 1.807) is 18.5 Å². The third kappa shape index (κ3) is 2.92. The van der Waals surface area contributed by atoms with Gasteiger partial charge in [-0.15, -0.1) is 0 Å². The first-order valence-corrected chi connectivity index (χ1v) is 9.83. The van der Waals surface area contributed by atoms with Crippen LogP contribution in [0.15, 0.2) is 49.1 Å². The Hall–Kier alpha value is -3.68. The Morgan fingerprint density at radius 1 is 1.23 bits per heavy atom. The van der Waals surface area contributed by atoms with Crippen LogP contribution in [0.25, 0.3) is 22.6 Å². The average molecular weight is 404 g/mol. The number of nitrogens with zero attached hydrogens (tertiary/aromatic N) is 5. The van der Waals surface area contributed by atoms with Gasteiger partial charge < -0.3 is 15.0 Å². The number of halogens is 1. The molecule has 0 amide bonds. The second-order valence-electron chi connectivity index (χ2n) is 7.31. The molecule has 2 N–H and O–H groups in total. The topological polar surface area (TPSA) is 83.8 Å². The van der Waals surface area contributed by atoms with Gasteiger partial charge in [-0.05, 0) is 38.1 Å². The number of nitrogen functional groups attached to an aromatic ring is 1. The molecule has 0 unspecified atom stereocenters. The Bertz CT molecular complexity index is 1240. The summed E-state index contributed by atoms with van der Waals surface area (Å²) in [5.74, 6) is 1.15. The number of imidazole rings is 1. The van der Waals surface area contributed by atoms with Gasteiger partial charge in [0, 0.05) is 47.4 Å². The van der Waals surface area contributed by atoms with Crippen LogP contribution in [0.4, 0.5) is 10.2 Å². The van der Waals surface area contributed by atoms with Gasteiger partial charge in [-0.2, -0.15) is 5.10 Å². The van der Waals surface area contributed by atoms with Crippen molar-refractivity contribution in [3.63, 3.8) is 0 Å². The van der Waals surface area contributed by atoms with E-state index in [-0.39, 0.29) is 11.6 Å². The molecular formula is C22H21FN6O. The molecule has 2 bridgehead atoms.